The van der Waals surface area contributed by atoms with Crippen molar-refractivity contribution in [1.29, 1.82) is 0 Å². The highest BCUT2D eigenvalue weighted by molar-refractivity contribution is 5.80. The number of hydrogen-bond acceptors (Lipinski definition) is 2. The Morgan fingerprint density at radius 2 is 1.93 bits per heavy atom. The minimum Gasteiger partial charge on any atom is -0.398 e. The molecule has 3 heteroatoms. The van der Waals surface area contributed by atoms with Gasteiger partial charge in [-0.15, -0.1) is 0 Å². The zero-order chi connectivity index (χ0) is 9.54. The van der Waals surface area contributed by atoms with E-state index >= 15 is 0 Å². The molecule has 2 aromatic heterocycles. The van der Waals surface area contributed by atoms with Gasteiger partial charge in [-0.3, -0.25) is 4.40 Å². The maximum atomic E-state index is 5.73. The third-order valence-corrected chi connectivity index (χ3v) is 2.33. The molecule has 0 amide bonds. The number of fused-ring (bicyclic) bond motifs is 3. The summed E-state index contributed by atoms with van der Waals surface area (Å²) in [5, 5.41) is 0. The van der Waals surface area contributed by atoms with Gasteiger partial charge < -0.3 is 5.73 Å². The molecule has 68 valence electrons. The van der Waals surface area contributed by atoms with Crippen LogP contribution in [0.1, 0.15) is 0 Å². The monoisotopic (exact) mass is 183 g/mol. The van der Waals surface area contributed by atoms with Crippen molar-refractivity contribution in [2.45, 2.75) is 0 Å². The highest BCUT2D eigenvalue weighted by atomic mass is 15.0. The van der Waals surface area contributed by atoms with Gasteiger partial charge in [-0.25, -0.2) is 4.98 Å². The molecule has 0 spiro atoms. The molecule has 3 nitrogen and oxygen atoms in total. The number of rotatable bonds is 0. The molecule has 0 saturated heterocycles. The van der Waals surface area contributed by atoms with Crippen molar-refractivity contribution >= 4 is 22.4 Å². The highest BCUT2D eigenvalue weighted by Gasteiger charge is 2.02. The van der Waals surface area contributed by atoms with Crippen molar-refractivity contribution in [3.05, 3.63) is 42.6 Å². The summed E-state index contributed by atoms with van der Waals surface area (Å²) in [4.78, 5) is 4.46. The molecule has 2 N–H and O–H groups in total. The van der Waals surface area contributed by atoms with Gasteiger partial charge in [0.1, 0.15) is 5.65 Å². The van der Waals surface area contributed by atoms with E-state index in [9.17, 15) is 0 Å². The molecule has 0 saturated carbocycles. The number of imidazole rings is 1. The number of nitrogens with two attached hydrogens (primary N) is 1. The molecule has 1 aromatic carbocycles. The minimum absolute atomic E-state index is 0.751. The van der Waals surface area contributed by atoms with Crippen LogP contribution in [0.5, 0.6) is 0 Å². The predicted octanol–water partition coefficient (Wildman–Crippen LogP) is 2.07. The number of aromatic nitrogens is 2. The van der Waals surface area contributed by atoms with Crippen LogP contribution in [0.2, 0.25) is 0 Å². The molecule has 0 aliphatic rings. The summed E-state index contributed by atoms with van der Waals surface area (Å²) < 4.78 is 2.00. The van der Waals surface area contributed by atoms with E-state index < -0.39 is 0 Å². The minimum atomic E-state index is 0.751. The van der Waals surface area contributed by atoms with Gasteiger partial charge in [0.05, 0.1) is 11.0 Å². The third kappa shape index (κ3) is 0.893. The van der Waals surface area contributed by atoms with E-state index in [4.69, 9.17) is 5.73 Å². The van der Waals surface area contributed by atoms with Gasteiger partial charge in [0, 0.05) is 11.9 Å². The average Bonchev–Trinajstić information content (AvgIpc) is 2.56. The Bertz CT molecular complexity index is 610. The number of pyridine rings is 1. The van der Waals surface area contributed by atoms with E-state index in [1.165, 1.54) is 0 Å². The Balaban J connectivity index is 2.58. The Kier molecular flexibility index (Phi) is 1.31. The van der Waals surface area contributed by atoms with Crippen LogP contribution in [0.3, 0.4) is 0 Å². The van der Waals surface area contributed by atoms with Crippen LogP contribution in [-0.4, -0.2) is 9.38 Å². The van der Waals surface area contributed by atoms with Crippen molar-refractivity contribution < 1.29 is 0 Å². The van der Waals surface area contributed by atoms with E-state index in [1.54, 1.807) is 0 Å². The lowest BCUT2D eigenvalue weighted by atomic mass is 10.3. The molecule has 0 aliphatic carbocycles. The largest absolute Gasteiger partial charge is 0.398 e. The van der Waals surface area contributed by atoms with E-state index in [0.29, 0.717) is 0 Å². The summed E-state index contributed by atoms with van der Waals surface area (Å²) in [5.41, 5.74) is 9.50. The third-order valence-electron chi connectivity index (χ3n) is 2.33. The fourth-order valence-electron chi connectivity index (χ4n) is 1.68. The van der Waals surface area contributed by atoms with Crippen LogP contribution in [0.15, 0.2) is 42.6 Å². The van der Waals surface area contributed by atoms with Gasteiger partial charge >= 0.3 is 0 Å². The van der Waals surface area contributed by atoms with Crippen molar-refractivity contribution in [2.24, 2.45) is 0 Å². The average molecular weight is 183 g/mol. The first kappa shape index (κ1) is 7.38. The van der Waals surface area contributed by atoms with Crippen LogP contribution >= 0.6 is 0 Å². The summed E-state index contributed by atoms with van der Waals surface area (Å²) in [5.74, 6) is 0. The number of anilines is 1. The SMILES string of the molecule is Nc1ccc2nc3ccccc3n2c1. The lowest BCUT2D eigenvalue weighted by Gasteiger charge is -1.96. The van der Waals surface area contributed by atoms with Crippen molar-refractivity contribution in [1.82, 2.24) is 9.38 Å². The number of benzene rings is 1. The molecule has 3 aromatic rings. The standard InChI is InChI=1S/C11H9N3/c12-8-5-6-11-13-9-3-1-2-4-10(9)14(11)7-8/h1-7H,12H2. The van der Waals surface area contributed by atoms with Crippen molar-refractivity contribution in [3.63, 3.8) is 0 Å². The quantitative estimate of drug-likeness (QED) is 0.579. The summed E-state index contributed by atoms with van der Waals surface area (Å²) in [7, 11) is 0. The van der Waals surface area contributed by atoms with Crippen LogP contribution in [0.25, 0.3) is 16.7 Å². The molecule has 3 rings (SSSR count). The van der Waals surface area contributed by atoms with E-state index in [0.717, 1.165) is 22.4 Å². The number of nitrogen functional groups attached to an aromatic ring is 1. The van der Waals surface area contributed by atoms with Gasteiger partial charge in [-0.1, -0.05) is 12.1 Å². The van der Waals surface area contributed by atoms with Crippen LogP contribution < -0.4 is 5.73 Å². The Morgan fingerprint density at radius 3 is 2.86 bits per heavy atom. The molecular formula is C11H9N3. The molecule has 0 bridgehead atoms. The first-order valence-corrected chi connectivity index (χ1v) is 4.47. The second kappa shape index (κ2) is 2.48. The van der Waals surface area contributed by atoms with Gasteiger partial charge in [0.2, 0.25) is 0 Å². The first-order chi connectivity index (χ1) is 6.84. The molecule has 0 fully saturated rings. The molecule has 14 heavy (non-hydrogen) atoms. The fourth-order valence-corrected chi connectivity index (χ4v) is 1.68. The van der Waals surface area contributed by atoms with E-state index in [1.807, 2.05) is 47.0 Å². The van der Waals surface area contributed by atoms with E-state index in [2.05, 4.69) is 4.98 Å². The topological polar surface area (TPSA) is 43.3 Å². The van der Waals surface area contributed by atoms with E-state index in [-0.39, 0.29) is 0 Å². The number of nitrogens with zero attached hydrogens (tertiary/aromatic N) is 2. The Morgan fingerprint density at radius 1 is 1.07 bits per heavy atom. The highest BCUT2D eigenvalue weighted by Crippen LogP contribution is 2.17. The van der Waals surface area contributed by atoms with Crippen LogP contribution in [-0.2, 0) is 0 Å². The lowest BCUT2D eigenvalue weighted by Crippen LogP contribution is -1.89. The number of para-hydroxylation sites is 2. The van der Waals surface area contributed by atoms with Gasteiger partial charge in [-0.2, -0.15) is 0 Å². The zero-order valence-electron chi connectivity index (χ0n) is 7.51. The second-order valence-electron chi connectivity index (χ2n) is 3.29. The maximum Gasteiger partial charge on any atom is 0.138 e. The Labute approximate surface area is 80.8 Å². The predicted molar refractivity (Wildman–Crippen MR) is 57.1 cm³/mol. The smallest absolute Gasteiger partial charge is 0.138 e. The first-order valence-electron chi connectivity index (χ1n) is 4.47. The van der Waals surface area contributed by atoms with Crippen molar-refractivity contribution in [2.75, 3.05) is 5.73 Å². The molecular weight excluding hydrogens is 174 g/mol. The fraction of sp³-hybridized carbons (Fsp3) is 0. The van der Waals surface area contributed by atoms with Crippen LogP contribution in [0, 0.1) is 0 Å². The Hall–Kier alpha value is -2.03. The molecule has 0 radical (unpaired) electrons. The summed E-state index contributed by atoms with van der Waals surface area (Å²) in [6.45, 7) is 0. The normalized spacial score (nSPS) is 11.1. The molecule has 0 atom stereocenters. The van der Waals surface area contributed by atoms with Crippen LogP contribution in [0.4, 0.5) is 5.69 Å². The maximum absolute atomic E-state index is 5.73. The second-order valence-corrected chi connectivity index (χ2v) is 3.29. The van der Waals surface area contributed by atoms with Gasteiger partial charge in [0.15, 0.2) is 0 Å². The molecule has 2 heterocycles. The number of hydrogen-bond donors (Lipinski definition) is 1. The lowest BCUT2D eigenvalue weighted by molar-refractivity contribution is 1.23. The summed E-state index contributed by atoms with van der Waals surface area (Å²) in [6.07, 6.45) is 1.89. The van der Waals surface area contributed by atoms with Gasteiger partial charge in [0.25, 0.3) is 0 Å². The van der Waals surface area contributed by atoms with Gasteiger partial charge in [-0.05, 0) is 24.3 Å². The van der Waals surface area contributed by atoms with Crippen molar-refractivity contribution in [3.8, 4) is 0 Å². The zero-order valence-corrected chi connectivity index (χ0v) is 7.51. The molecule has 0 aliphatic heterocycles. The summed E-state index contributed by atoms with van der Waals surface area (Å²) >= 11 is 0. The summed E-state index contributed by atoms with van der Waals surface area (Å²) in [6, 6.07) is 11.8. The molecule has 0 unspecified atom stereocenters.